The number of aromatic nitrogens is 4. The third-order valence-corrected chi connectivity index (χ3v) is 5.45. The van der Waals surface area contributed by atoms with Crippen molar-refractivity contribution < 1.29 is 0 Å². The third kappa shape index (κ3) is 2.69. The predicted octanol–water partition coefficient (Wildman–Crippen LogP) is 2.63. The Morgan fingerprint density at radius 2 is 1.93 bits per heavy atom. The van der Waals surface area contributed by atoms with Gasteiger partial charge in [0.1, 0.15) is 0 Å². The van der Waals surface area contributed by atoms with Crippen LogP contribution < -0.4 is 16.1 Å². The van der Waals surface area contributed by atoms with Gasteiger partial charge in [0.05, 0.1) is 6.54 Å². The molecule has 3 heterocycles. The molecule has 0 N–H and O–H groups in total. The zero-order chi connectivity index (χ0) is 20.2. The van der Waals surface area contributed by atoms with Crippen LogP contribution in [0.2, 0.25) is 0 Å². The highest BCUT2D eigenvalue weighted by molar-refractivity contribution is 5.77. The number of benzene rings is 1. The van der Waals surface area contributed by atoms with Crippen LogP contribution in [0.25, 0.3) is 11.2 Å². The molecule has 146 valence electrons. The summed E-state index contributed by atoms with van der Waals surface area (Å²) >= 11 is 0. The number of allylic oxidation sites excluding steroid dienone is 1. The van der Waals surface area contributed by atoms with Gasteiger partial charge < -0.3 is 9.47 Å². The van der Waals surface area contributed by atoms with Gasteiger partial charge in [0.25, 0.3) is 5.56 Å². The van der Waals surface area contributed by atoms with Crippen LogP contribution >= 0.6 is 0 Å². The second-order valence-corrected chi connectivity index (χ2v) is 7.70. The fourth-order valence-corrected chi connectivity index (χ4v) is 3.81. The Balaban J connectivity index is 1.98. The van der Waals surface area contributed by atoms with Crippen LogP contribution in [0, 0.1) is 13.8 Å². The highest BCUT2D eigenvalue weighted by Gasteiger charge is 2.27. The van der Waals surface area contributed by atoms with Crippen LogP contribution in [0.4, 0.5) is 11.6 Å². The largest absolute Gasteiger partial charge is 0.332 e. The van der Waals surface area contributed by atoms with E-state index in [1.807, 2.05) is 11.5 Å². The number of fused-ring (bicyclic) bond motifs is 3. The minimum absolute atomic E-state index is 0.211. The lowest BCUT2D eigenvalue weighted by Gasteiger charge is -2.29. The first-order valence-corrected chi connectivity index (χ1v) is 9.49. The Bertz CT molecular complexity index is 1230. The van der Waals surface area contributed by atoms with E-state index >= 15 is 0 Å². The number of hydrogen-bond donors (Lipinski definition) is 0. The van der Waals surface area contributed by atoms with Gasteiger partial charge in [-0.3, -0.25) is 13.9 Å². The van der Waals surface area contributed by atoms with Gasteiger partial charge in [0, 0.05) is 25.8 Å². The molecular weight excluding hydrogens is 354 g/mol. The van der Waals surface area contributed by atoms with Gasteiger partial charge in [-0.1, -0.05) is 18.2 Å². The number of rotatable bonds is 3. The average Bonchev–Trinajstić information content (AvgIpc) is 3.05. The average molecular weight is 379 g/mol. The molecule has 0 radical (unpaired) electrons. The smallest absolute Gasteiger partial charge is 0.312 e. The van der Waals surface area contributed by atoms with Crippen LogP contribution in [0.1, 0.15) is 24.5 Å². The van der Waals surface area contributed by atoms with Gasteiger partial charge in [-0.25, -0.2) is 4.79 Å². The first-order valence-electron chi connectivity index (χ1n) is 9.49. The highest BCUT2D eigenvalue weighted by Crippen LogP contribution is 2.31. The highest BCUT2D eigenvalue weighted by atomic mass is 16.2. The summed E-state index contributed by atoms with van der Waals surface area (Å²) in [5.41, 5.74) is 4.49. The van der Waals surface area contributed by atoms with E-state index in [9.17, 15) is 9.59 Å². The molecule has 0 bridgehead atoms. The van der Waals surface area contributed by atoms with Crippen molar-refractivity contribution in [3.05, 3.63) is 62.3 Å². The molecule has 0 unspecified atom stereocenters. The Labute approximate surface area is 163 Å². The summed E-state index contributed by atoms with van der Waals surface area (Å²) in [7, 11) is 1.67. The normalized spacial score (nSPS) is 13.8. The summed E-state index contributed by atoms with van der Waals surface area (Å²) in [6, 6.07) is 6.32. The van der Waals surface area contributed by atoms with Gasteiger partial charge in [-0.15, -0.1) is 0 Å². The molecule has 1 aromatic carbocycles. The van der Waals surface area contributed by atoms with Crippen molar-refractivity contribution in [3.8, 4) is 0 Å². The molecule has 0 aliphatic carbocycles. The molecule has 0 atom stereocenters. The molecule has 3 aromatic rings. The lowest BCUT2D eigenvalue weighted by molar-refractivity contribution is 0.597. The van der Waals surface area contributed by atoms with Crippen LogP contribution in [-0.2, 0) is 20.1 Å². The van der Waals surface area contributed by atoms with Crippen LogP contribution in [0.5, 0.6) is 0 Å². The molecule has 0 spiro atoms. The summed E-state index contributed by atoms with van der Waals surface area (Å²) in [6.45, 7) is 11.6. The maximum absolute atomic E-state index is 13.1. The van der Waals surface area contributed by atoms with Crippen molar-refractivity contribution in [2.45, 2.75) is 40.3 Å². The molecule has 0 amide bonds. The lowest BCUT2D eigenvalue weighted by Crippen LogP contribution is -2.40. The quantitative estimate of drug-likeness (QED) is 0.656. The van der Waals surface area contributed by atoms with E-state index < -0.39 is 0 Å². The minimum Gasteiger partial charge on any atom is -0.312 e. The lowest BCUT2D eigenvalue weighted by atomic mass is 10.1. The second-order valence-electron chi connectivity index (χ2n) is 7.70. The van der Waals surface area contributed by atoms with Crippen molar-refractivity contribution >= 4 is 22.8 Å². The molecule has 7 heteroatoms. The van der Waals surface area contributed by atoms with E-state index in [0.29, 0.717) is 23.7 Å². The summed E-state index contributed by atoms with van der Waals surface area (Å²) in [4.78, 5) is 32.7. The molecule has 7 nitrogen and oxygen atoms in total. The van der Waals surface area contributed by atoms with E-state index in [1.165, 1.54) is 20.3 Å². The molecule has 0 fully saturated rings. The van der Waals surface area contributed by atoms with Gasteiger partial charge in [-0.2, -0.15) is 4.98 Å². The summed E-state index contributed by atoms with van der Waals surface area (Å²) in [5, 5.41) is 0. The summed E-state index contributed by atoms with van der Waals surface area (Å²) in [6.07, 6.45) is 0.897. The molecule has 2 aromatic heterocycles. The van der Waals surface area contributed by atoms with Crippen molar-refractivity contribution in [1.29, 1.82) is 0 Å². The maximum atomic E-state index is 13.1. The summed E-state index contributed by atoms with van der Waals surface area (Å²) < 4.78 is 4.66. The number of hydrogen-bond acceptors (Lipinski definition) is 4. The summed E-state index contributed by atoms with van der Waals surface area (Å²) in [5.74, 6) is 0.713. The van der Waals surface area contributed by atoms with Gasteiger partial charge >= 0.3 is 5.69 Å². The Hall–Kier alpha value is -3.09. The van der Waals surface area contributed by atoms with Gasteiger partial charge in [0.15, 0.2) is 11.2 Å². The van der Waals surface area contributed by atoms with Crippen molar-refractivity contribution in [2.24, 2.45) is 7.05 Å². The topological polar surface area (TPSA) is 65.1 Å². The number of imidazole rings is 1. The van der Waals surface area contributed by atoms with Gasteiger partial charge in [0.2, 0.25) is 5.95 Å². The van der Waals surface area contributed by atoms with Crippen molar-refractivity contribution in [2.75, 3.05) is 11.4 Å². The molecule has 1 aliphatic heterocycles. The fourth-order valence-electron chi connectivity index (χ4n) is 3.81. The van der Waals surface area contributed by atoms with E-state index in [-0.39, 0.29) is 17.8 Å². The van der Waals surface area contributed by atoms with Crippen LogP contribution in [0.15, 0.2) is 39.9 Å². The molecule has 0 saturated heterocycles. The second kappa shape index (κ2) is 6.51. The minimum atomic E-state index is -0.367. The number of aryl methyl sites for hydroxylation is 4. The fraction of sp³-hybridized carbons (Fsp3) is 0.381. The standard InChI is InChI=1S/C21H25N5O2/c1-13(2)12-26-19(27)17-18(23(5)21(26)28)22-20-24(9-6-10-25(17)20)16-8-7-14(3)15(4)11-16/h7-8,11H,1,6,9-10,12H2,2-5H3. The first kappa shape index (κ1) is 18.3. The Kier molecular flexibility index (Phi) is 4.25. The molecule has 4 rings (SSSR count). The van der Waals surface area contributed by atoms with E-state index in [4.69, 9.17) is 4.98 Å². The van der Waals surface area contributed by atoms with Gasteiger partial charge in [-0.05, 0) is 50.5 Å². The van der Waals surface area contributed by atoms with Crippen molar-refractivity contribution in [1.82, 2.24) is 18.7 Å². The van der Waals surface area contributed by atoms with E-state index in [2.05, 4.69) is 43.5 Å². The number of nitrogens with zero attached hydrogens (tertiary/aromatic N) is 5. The Morgan fingerprint density at radius 3 is 2.61 bits per heavy atom. The van der Waals surface area contributed by atoms with E-state index in [0.717, 1.165) is 24.2 Å². The zero-order valence-corrected chi connectivity index (χ0v) is 16.8. The van der Waals surface area contributed by atoms with E-state index in [1.54, 1.807) is 7.05 Å². The number of anilines is 2. The molecular formula is C21H25N5O2. The van der Waals surface area contributed by atoms with Crippen molar-refractivity contribution in [3.63, 3.8) is 0 Å². The Morgan fingerprint density at radius 1 is 1.18 bits per heavy atom. The first-order chi connectivity index (χ1) is 13.3. The van der Waals surface area contributed by atoms with Crippen LogP contribution in [0.3, 0.4) is 0 Å². The monoisotopic (exact) mass is 379 g/mol. The predicted molar refractivity (Wildman–Crippen MR) is 112 cm³/mol. The van der Waals surface area contributed by atoms with Crippen LogP contribution in [-0.4, -0.2) is 25.2 Å². The molecule has 0 saturated carbocycles. The zero-order valence-electron chi connectivity index (χ0n) is 16.8. The SMILES string of the molecule is C=C(C)Cn1c(=O)c2c(nc3n2CCCN3c2ccc(C)c(C)c2)n(C)c1=O. The molecule has 1 aliphatic rings. The third-order valence-electron chi connectivity index (χ3n) is 5.45. The molecule has 28 heavy (non-hydrogen) atoms. The maximum Gasteiger partial charge on any atom is 0.332 e.